The Balaban J connectivity index is 2.13. The third-order valence-electron chi connectivity index (χ3n) is 3.77. The molecule has 1 aromatic heterocycles. The summed E-state index contributed by atoms with van der Waals surface area (Å²) in [4.78, 5) is 16.4. The fourth-order valence-electron chi connectivity index (χ4n) is 2.68. The van der Waals surface area contributed by atoms with Crippen molar-refractivity contribution in [2.24, 2.45) is 0 Å². The van der Waals surface area contributed by atoms with Crippen LogP contribution >= 0.6 is 0 Å². The van der Waals surface area contributed by atoms with Crippen LogP contribution in [-0.2, 0) is 6.42 Å². The van der Waals surface area contributed by atoms with Gasteiger partial charge in [0.2, 0.25) is 0 Å². The molecule has 0 amide bonds. The van der Waals surface area contributed by atoms with E-state index in [4.69, 9.17) is 0 Å². The molecule has 0 fully saturated rings. The standard InChI is InChI=1S/C16H23NO/c1-13-11-14-9-7-5-3-2-4-6-8-10-15(18)16(13)17-12-14/h11-12H,2-10H2,1H3. The highest BCUT2D eigenvalue weighted by Gasteiger charge is 2.11. The van der Waals surface area contributed by atoms with Crippen molar-refractivity contribution in [3.63, 3.8) is 0 Å². The lowest BCUT2D eigenvalue weighted by molar-refractivity contribution is 0.0973. The molecule has 0 N–H and O–H groups in total. The lowest BCUT2D eigenvalue weighted by Gasteiger charge is -2.09. The van der Waals surface area contributed by atoms with E-state index in [0.29, 0.717) is 12.1 Å². The van der Waals surface area contributed by atoms with Gasteiger partial charge in [0.05, 0.1) is 0 Å². The summed E-state index contributed by atoms with van der Waals surface area (Å²) in [5.41, 5.74) is 3.02. The first kappa shape index (κ1) is 13.3. The van der Waals surface area contributed by atoms with Gasteiger partial charge in [-0.2, -0.15) is 0 Å². The summed E-state index contributed by atoms with van der Waals surface area (Å²) >= 11 is 0. The molecule has 2 aliphatic rings. The van der Waals surface area contributed by atoms with Crippen molar-refractivity contribution in [3.05, 3.63) is 29.1 Å². The Morgan fingerprint density at radius 3 is 2.22 bits per heavy atom. The summed E-state index contributed by atoms with van der Waals surface area (Å²) in [7, 11) is 0. The lowest BCUT2D eigenvalue weighted by atomic mass is 9.99. The van der Waals surface area contributed by atoms with Crippen LogP contribution in [0.15, 0.2) is 12.3 Å². The SMILES string of the molecule is Cc1cc2cnc1C(=O)CCCCCCCCC2. The Bertz CT molecular complexity index is 412. The average molecular weight is 245 g/mol. The number of fused-ring (bicyclic) bond motifs is 11. The first-order chi connectivity index (χ1) is 8.77. The van der Waals surface area contributed by atoms with Gasteiger partial charge in [-0.3, -0.25) is 9.78 Å². The number of carbonyl (C=O) groups is 1. The molecule has 1 aromatic rings. The second-order valence-corrected chi connectivity index (χ2v) is 5.41. The van der Waals surface area contributed by atoms with Crippen LogP contribution < -0.4 is 0 Å². The highest BCUT2D eigenvalue weighted by atomic mass is 16.1. The molecular weight excluding hydrogens is 222 g/mol. The monoisotopic (exact) mass is 245 g/mol. The van der Waals surface area contributed by atoms with Gasteiger partial charge in [-0.15, -0.1) is 0 Å². The third kappa shape index (κ3) is 3.66. The summed E-state index contributed by atoms with van der Waals surface area (Å²) in [5, 5.41) is 0. The molecule has 18 heavy (non-hydrogen) atoms. The van der Waals surface area contributed by atoms with Crippen LogP contribution in [-0.4, -0.2) is 10.8 Å². The van der Waals surface area contributed by atoms with Crippen molar-refractivity contribution in [1.29, 1.82) is 0 Å². The van der Waals surface area contributed by atoms with Crippen LogP contribution in [0.25, 0.3) is 0 Å². The molecule has 1 aliphatic carbocycles. The van der Waals surface area contributed by atoms with E-state index in [1.165, 1.54) is 44.1 Å². The Morgan fingerprint density at radius 1 is 0.944 bits per heavy atom. The fraction of sp³-hybridized carbons (Fsp3) is 0.625. The first-order valence-corrected chi connectivity index (χ1v) is 7.26. The van der Waals surface area contributed by atoms with E-state index in [1.807, 2.05) is 13.1 Å². The van der Waals surface area contributed by atoms with Crippen LogP contribution in [0.1, 0.15) is 73.0 Å². The van der Waals surface area contributed by atoms with Crippen molar-refractivity contribution in [2.75, 3.05) is 0 Å². The van der Waals surface area contributed by atoms with E-state index in [9.17, 15) is 4.79 Å². The van der Waals surface area contributed by atoms with Crippen LogP contribution in [0.2, 0.25) is 0 Å². The zero-order chi connectivity index (χ0) is 12.8. The normalized spacial score (nSPS) is 18.6. The quantitative estimate of drug-likeness (QED) is 0.684. The smallest absolute Gasteiger partial charge is 0.181 e. The zero-order valence-electron chi connectivity index (χ0n) is 11.4. The van der Waals surface area contributed by atoms with E-state index < -0.39 is 0 Å². The van der Waals surface area contributed by atoms with Crippen molar-refractivity contribution < 1.29 is 4.79 Å². The maximum absolute atomic E-state index is 12.0. The number of aryl methyl sites for hydroxylation is 2. The van der Waals surface area contributed by atoms with E-state index in [-0.39, 0.29) is 5.78 Å². The van der Waals surface area contributed by atoms with Gasteiger partial charge in [-0.25, -0.2) is 0 Å². The van der Waals surface area contributed by atoms with E-state index in [2.05, 4.69) is 11.1 Å². The van der Waals surface area contributed by atoms with Gasteiger partial charge in [0.1, 0.15) is 5.69 Å². The van der Waals surface area contributed by atoms with E-state index in [1.54, 1.807) is 0 Å². The van der Waals surface area contributed by atoms with Gasteiger partial charge in [0, 0.05) is 12.6 Å². The molecule has 1 aliphatic heterocycles. The number of carbonyl (C=O) groups excluding carboxylic acids is 1. The molecule has 0 saturated carbocycles. The Hall–Kier alpha value is -1.18. The molecule has 2 bridgehead atoms. The number of aromatic nitrogens is 1. The van der Waals surface area contributed by atoms with Crippen molar-refractivity contribution in [2.45, 2.75) is 64.7 Å². The second kappa shape index (κ2) is 6.67. The van der Waals surface area contributed by atoms with Gasteiger partial charge in [-0.1, -0.05) is 38.2 Å². The molecule has 3 rings (SSSR count). The summed E-state index contributed by atoms with van der Waals surface area (Å²) < 4.78 is 0. The van der Waals surface area contributed by atoms with E-state index in [0.717, 1.165) is 18.4 Å². The minimum atomic E-state index is 0.219. The number of Topliss-reactive ketones (excluding diaryl/α,β-unsaturated/α-hetero) is 1. The molecule has 2 heterocycles. The van der Waals surface area contributed by atoms with Crippen molar-refractivity contribution in [1.82, 2.24) is 4.98 Å². The summed E-state index contributed by atoms with van der Waals surface area (Å²) in [6.45, 7) is 2.01. The van der Waals surface area contributed by atoms with Gasteiger partial charge in [0.15, 0.2) is 5.78 Å². The molecule has 0 radical (unpaired) electrons. The molecule has 98 valence electrons. The number of ketones is 1. The highest BCUT2D eigenvalue weighted by Crippen LogP contribution is 2.17. The fourth-order valence-corrected chi connectivity index (χ4v) is 2.68. The Kier molecular flexibility index (Phi) is 4.91. The average Bonchev–Trinajstić information content (AvgIpc) is 2.36. The van der Waals surface area contributed by atoms with Gasteiger partial charge >= 0.3 is 0 Å². The highest BCUT2D eigenvalue weighted by molar-refractivity contribution is 5.95. The van der Waals surface area contributed by atoms with Crippen LogP contribution in [0.4, 0.5) is 0 Å². The van der Waals surface area contributed by atoms with E-state index >= 15 is 0 Å². The lowest BCUT2D eigenvalue weighted by Crippen LogP contribution is -2.06. The third-order valence-corrected chi connectivity index (χ3v) is 3.77. The number of rotatable bonds is 0. The molecule has 0 spiro atoms. The number of pyridine rings is 1. The first-order valence-electron chi connectivity index (χ1n) is 7.26. The summed E-state index contributed by atoms with van der Waals surface area (Å²) in [6, 6.07) is 2.14. The van der Waals surface area contributed by atoms with Crippen LogP contribution in [0, 0.1) is 6.92 Å². The molecule has 0 unspecified atom stereocenters. The minimum Gasteiger partial charge on any atom is -0.292 e. The maximum Gasteiger partial charge on any atom is 0.181 e. The molecule has 2 heteroatoms. The molecule has 0 atom stereocenters. The van der Waals surface area contributed by atoms with Crippen molar-refractivity contribution >= 4 is 5.78 Å². The number of hydrogen-bond acceptors (Lipinski definition) is 2. The molecule has 0 saturated heterocycles. The van der Waals surface area contributed by atoms with Gasteiger partial charge in [-0.05, 0) is 37.3 Å². The predicted octanol–water partition coefficient (Wildman–Crippen LogP) is 4.25. The largest absolute Gasteiger partial charge is 0.292 e. The Morgan fingerprint density at radius 2 is 1.56 bits per heavy atom. The van der Waals surface area contributed by atoms with Gasteiger partial charge in [0.25, 0.3) is 0 Å². The number of nitrogens with zero attached hydrogens (tertiary/aromatic N) is 1. The summed E-state index contributed by atoms with van der Waals surface area (Å²) in [5.74, 6) is 0.219. The zero-order valence-corrected chi connectivity index (χ0v) is 11.4. The second-order valence-electron chi connectivity index (χ2n) is 5.41. The van der Waals surface area contributed by atoms with Gasteiger partial charge < -0.3 is 0 Å². The molecule has 2 nitrogen and oxygen atoms in total. The predicted molar refractivity (Wildman–Crippen MR) is 73.9 cm³/mol. The molecule has 0 aromatic carbocycles. The minimum absolute atomic E-state index is 0.219. The molecular formula is C16H23NO. The topological polar surface area (TPSA) is 30.0 Å². The number of hydrogen-bond donors (Lipinski definition) is 0. The van der Waals surface area contributed by atoms with Crippen LogP contribution in [0.3, 0.4) is 0 Å². The summed E-state index contributed by atoms with van der Waals surface area (Å²) in [6.07, 6.45) is 12.3. The Labute approximate surface area is 110 Å². The maximum atomic E-state index is 12.0. The van der Waals surface area contributed by atoms with Crippen LogP contribution in [0.5, 0.6) is 0 Å². The van der Waals surface area contributed by atoms with Crippen molar-refractivity contribution in [3.8, 4) is 0 Å².